The summed E-state index contributed by atoms with van der Waals surface area (Å²) < 4.78 is 9.71. The lowest BCUT2D eigenvalue weighted by molar-refractivity contribution is -0.143. The molecule has 1 N–H and O–H groups in total. The van der Waals surface area contributed by atoms with Crippen LogP contribution >= 0.6 is 0 Å². The fourth-order valence-corrected chi connectivity index (χ4v) is 2.01. The summed E-state index contributed by atoms with van der Waals surface area (Å²) in [6, 6.07) is 8.32. The Bertz CT molecular complexity index is 515. The van der Waals surface area contributed by atoms with Crippen LogP contribution in [0, 0.1) is 0 Å². The molecule has 0 bridgehead atoms. The molecule has 1 aromatic rings. The second-order valence-corrected chi connectivity index (χ2v) is 5.11. The normalized spacial score (nSPS) is 11.4. The van der Waals surface area contributed by atoms with E-state index in [4.69, 9.17) is 4.74 Å². The summed E-state index contributed by atoms with van der Waals surface area (Å²) in [6.07, 6.45) is 0.922. The van der Waals surface area contributed by atoms with Crippen molar-refractivity contribution in [3.63, 3.8) is 0 Å². The van der Waals surface area contributed by atoms with Crippen LogP contribution in [0.15, 0.2) is 30.3 Å². The number of ketones is 1. The van der Waals surface area contributed by atoms with E-state index in [1.807, 2.05) is 37.3 Å². The Hall–Kier alpha value is -2.37. The number of methoxy groups -OCH3 is 1. The lowest BCUT2D eigenvalue weighted by Gasteiger charge is -2.16. The Morgan fingerprint density at radius 1 is 1.13 bits per heavy atom. The monoisotopic (exact) mass is 321 g/mol. The maximum atomic E-state index is 11.8. The molecule has 0 unspecified atom stereocenters. The molecule has 1 aromatic carbocycles. The standard InChI is InChI=1S/C17H23NO5/c1-3-7-14(19)10-11-15(16(20)22-2)18-17(21)23-12-13-8-5-4-6-9-13/h4-6,8-9,15H,3,7,10-12H2,1-2H3,(H,18,21)/t15-/m0/s1. The molecule has 0 saturated carbocycles. The van der Waals surface area contributed by atoms with Crippen molar-refractivity contribution in [1.29, 1.82) is 0 Å². The number of ether oxygens (including phenoxy) is 2. The minimum absolute atomic E-state index is 0.0563. The van der Waals surface area contributed by atoms with Crippen LogP contribution in [0.25, 0.3) is 0 Å². The lowest BCUT2D eigenvalue weighted by Crippen LogP contribution is -2.42. The van der Waals surface area contributed by atoms with Gasteiger partial charge in [-0.3, -0.25) is 4.79 Å². The van der Waals surface area contributed by atoms with E-state index in [2.05, 4.69) is 10.1 Å². The van der Waals surface area contributed by atoms with Crippen LogP contribution in [0.5, 0.6) is 0 Å². The number of carbonyl (C=O) groups is 3. The van der Waals surface area contributed by atoms with Gasteiger partial charge in [0.2, 0.25) is 0 Å². The Balaban J connectivity index is 2.47. The lowest BCUT2D eigenvalue weighted by atomic mass is 10.1. The van der Waals surface area contributed by atoms with E-state index in [1.54, 1.807) is 0 Å². The van der Waals surface area contributed by atoms with Crippen LogP contribution in [0.3, 0.4) is 0 Å². The summed E-state index contributed by atoms with van der Waals surface area (Å²) >= 11 is 0. The highest BCUT2D eigenvalue weighted by Gasteiger charge is 2.23. The van der Waals surface area contributed by atoms with Gasteiger partial charge in [-0.25, -0.2) is 9.59 Å². The van der Waals surface area contributed by atoms with Gasteiger partial charge >= 0.3 is 12.1 Å². The topological polar surface area (TPSA) is 81.7 Å². The number of amides is 1. The fourth-order valence-electron chi connectivity index (χ4n) is 2.01. The van der Waals surface area contributed by atoms with E-state index in [0.29, 0.717) is 6.42 Å². The quantitative estimate of drug-likeness (QED) is 0.707. The number of hydrogen-bond donors (Lipinski definition) is 1. The fraction of sp³-hybridized carbons (Fsp3) is 0.471. The Labute approximate surface area is 136 Å². The number of esters is 1. The van der Waals surface area contributed by atoms with Gasteiger partial charge < -0.3 is 14.8 Å². The van der Waals surface area contributed by atoms with Gasteiger partial charge in [-0.2, -0.15) is 0 Å². The predicted molar refractivity (Wildman–Crippen MR) is 84.7 cm³/mol. The van der Waals surface area contributed by atoms with E-state index in [0.717, 1.165) is 12.0 Å². The highest BCUT2D eigenvalue weighted by Crippen LogP contribution is 2.06. The smallest absolute Gasteiger partial charge is 0.408 e. The van der Waals surface area contributed by atoms with Crippen molar-refractivity contribution >= 4 is 17.8 Å². The molecule has 0 fully saturated rings. The largest absolute Gasteiger partial charge is 0.467 e. The van der Waals surface area contributed by atoms with Gasteiger partial charge in [-0.1, -0.05) is 37.3 Å². The maximum Gasteiger partial charge on any atom is 0.408 e. The minimum Gasteiger partial charge on any atom is -0.467 e. The van der Waals surface area contributed by atoms with E-state index in [-0.39, 0.29) is 25.2 Å². The molecular formula is C17H23NO5. The molecule has 0 aliphatic carbocycles. The first-order valence-electron chi connectivity index (χ1n) is 7.63. The number of alkyl carbamates (subject to hydrolysis) is 1. The first kappa shape index (κ1) is 18.7. The predicted octanol–water partition coefficient (Wildman–Crippen LogP) is 2.60. The van der Waals surface area contributed by atoms with E-state index < -0.39 is 18.1 Å². The van der Waals surface area contributed by atoms with Crippen LogP contribution in [0.2, 0.25) is 0 Å². The first-order chi connectivity index (χ1) is 11.1. The molecular weight excluding hydrogens is 298 g/mol. The molecule has 0 saturated heterocycles. The Morgan fingerprint density at radius 3 is 2.43 bits per heavy atom. The average Bonchev–Trinajstić information content (AvgIpc) is 2.57. The van der Waals surface area contributed by atoms with Crippen molar-refractivity contribution < 1.29 is 23.9 Å². The van der Waals surface area contributed by atoms with Gasteiger partial charge in [-0.05, 0) is 18.4 Å². The first-order valence-corrected chi connectivity index (χ1v) is 7.63. The van der Waals surface area contributed by atoms with Crippen molar-refractivity contribution in [3.8, 4) is 0 Å². The van der Waals surface area contributed by atoms with Gasteiger partial charge in [0, 0.05) is 12.8 Å². The van der Waals surface area contributed by atoms with Gasteiger partial charge in [0.15, 0.2) is 0 Å². The van der Waals surface area contributed by atoms with Gasteiger partial charge in [0.1, 0.15) is 18.4 Å². The highest BCUT2D eigenvalue weighted by atomic mass is 16.6. The Morgan fingerprint density at radius 2 is 1.83 bits per heavy atom. The van der Waals surface area contributed by atoms with Gasteiger partial charge in [0.25, 0.3) is 0 Å². The van der Waals surface area contributed by atoms with Crippen molar-refractivity contribution in [1.82, 2.24) is 5.32 Å². The minimum atomic E-state index is -0.885. The molecule has 0 heterocycles. The number of rotatable bonds is 9. The van der Waals surface area contributed by atoms with E-state index in [1.165, 1.54) is 7.11 Å². The molecule has 6 nitrogen and oxygen atoms in total. The SMILES string of the molecule is CCCC(=O)CC[C@H](NC(=O)OCc1ccccc1)C(=O)OC. The third kappa shape index (κ3) is 7.44. The molecule has 126 valence electrons. The average molecular weight is 321 g/mol. The molecule has 0 aromatic heterocycles. The summed E-state index contributed by atoms with van der Waals surface area (Å²) in [6.45, 7) is 2.02. The molecule has 23 heavy (non-hydrogen) atoms. The molecule has 1 amide bonds. The summed E-state index contributed by atoms with van der Waals surface area (Å²) in [5.41, 5.74) is 0.843. The van der Waals surface area contributed by atoms with Crippen molar-refractivity contribution in [3.05, 3.63) is 35.9 Å². The highest BCUT2D eigenvalue weighted by molar-refractivity contribution is 5.83. The van der Waals surface area contributed by atoms with Crippen molar-refractivity contribution in [2.75, 3.05) is 7.11 Å². The molecule has 0 radical (unpaired) electrons. The number of Topliss-reactive ketones (excluding diaryl/α,β-unsaturated/α-hetero) is 1. The van der Waals surface area contributed by atoms with Crippen LogP contribution in [0.1, 0.15) is 38.2 Å². The maximum absolute atomic E-state index is 11.8. The summed E-state index contributed by atoms with van der Waals surface area (Å²) in [5.74, 6) is -0.535. The van der Waals surface area contributed by atoms with Crippen molar-refractivity contribution in [2.24, 2.45) is 0 Å². The van der Waals surface area contributed by atoms with Gasteiger partial charge in [0.05, 0.1) is 7.11 Å². The molecule has 0 aliphatic heterocycles. The van der Waals surface area contributed by atoms with E-state index in [9.17, 15) is 14.4 Å². The number of nitrogens with one attached hydrogen (secondary N) is 1. The second kappa shape index (κ2) is 10.4. The third-order valence-electron chi connectivity index (χ3n) is 3.23. The van der Waals surface area contributed by atoms with Crippen LogP contribution in [-0.2, 0) is 25.7 Å². The summed E-state index contributed by atoms with van der Waals surface area (Å²) in [5, 5.41) is 2.45. The van der Waals surface area contributed by atoms with Crippen LogP contribution in [0.4, 0.5) is 4.79 Å². The number of benzene rings is 1. The van der Waals surface area contributed by atoms with Crippen LogP contribution in [-0.4, -0.2) is 31.0 Å². The van der Waals surface area contributed by atoms with E-state index >= 15 is 0 Å². The zero-order valence-corrected chi connectivity index (χ0v) is 13.5. The van der Waals surface area contributed by atoms with Crippen LogP contribution < -0.4 is 5.32 Å². The summed E-state index contributed by atoms with van der Waals surface area (Å²) in [7, 11) is 1.24. The van der Waals surface area contributed by atoms with Crippen molar-refractivity contribution in [2.45, 2.75) is 45.3 Å². The molecule has 6 heteroatoms. The zero-order valence-electron chi connectivity index (χ0n) is 13.5. The molecule has 0 spiro atoms. The molecule has 1 rings (SSSR count). The molecule has 1 atom stereocenters. The third-order valence-corrected chi connectivity index (χ3v) is 3.23. The molecule has 0 aliphatic rings. The summed E-state index contributed by atoms with van der Waals surface area (Å²) in [4.78, 5) is 35.0. The number of hydrogen-bond acceptors (Lipinski definition) is 5. The second-order valence-electron chi connectivity index (χ2n) is 5.11. The zero-order chi connectivity index (χ0) is 17.1. The Kier molecular flexibility index (Phi) is 8.42. The van der Waals surface area contributed by atoms with Gasteiger partial charge in [-0.15, -0.1) is 0 Å². The number of carbonyl (C=O) groups excluding carboxylic acids is 3.